The Balaban J connectivity index is 3.03. The highest BCUT2D eigenvalue weighted by atomic mass is 16.6. The van der Waals surface area contributed by atoms with Gasteiger partial charge in [-0.3, -0.25) is 14.9 Å². The Morgan fingerprint density at radius 2 is 1.96 bits per heavy atom. The Morgan fingerprint density at radius 3 is 2.43 bits per heavy atom. The molecule has 0 saturated heterocycles. The molecule has 0 saturated carbocycles. The van der Waals surface area contributed by atoms with Crippen molar-refractivity contribution in [3.8, 4) is 5.75 Å². The van der Waals surface area contributed by atoms with Gasteiger partial charge in [0.25, 0.3) is 0 Å². The van der Waals surface area contributed by atoms with Gasteiger partial charge >= 0.3 is 11.7 Å². The number of nitrogens with zero attached hydrogens (tertiary/aromatic N) is 1. The number of carbonyl (C=O) groups is 2. The van der Waals surface area contributed by atoms with Crippen molar-refractivity contribution in [2.75, 3.05) is 14.2 Å². The summed E-state index contributed by atoms with van der Waals surface area (Å²) < 4.78 is 9.60. The molecule has 1 atom stereocenters. The zero-order chi connectivity index (χ0) is 17.6. The van der Waals surface area contributed by atoms with Gasteiger partial charge in [-0.2, -0.15) is 0 Å². The fourth-order valence-corrected chi connectivity index (χ4v) is 1.91. The number of methoxy groups -OCH3 is 2. The lowest BCUT2D eigenvalue weighted by molar-refractivity contribution is -0.385. The molecule has 1 aromatic carbocycles. The van der Waals surface area contributed by atoms with Gasteiger partial charge in [0.05, 0.1) is 19.1 Å². The zero-order valence-corrected chi connectivity index (χ0v) is 13.5. The van der Waals surface area contributed by atoms with Crippen molar-refractivity contribution in [1.82, 2.24) is 5.32 Å². The Morgan fingerprint density at radius 1 is 1.30 bits per heavy atom. The predicted molar refractivity (Wildman–Crippen MR) is 82.1 cm³/mol. The number of amides is 1. The summed E-state index contributed by atoms with van der Waals surface area (Å²) in [5.74, 6) is -1.09. The third-order valence-corrected chi connectivity index (χ3v) is 3.21. The maximum absolute atomic E-state index is 11.8. The maximum atomic E-state index is 11.8. The molecule has 0 heterocycles. The first-order chi connectivity index (χ1) is 10.8. The summed E-state index contributed by atoms with van der Waals surface area (Å²) in [6.07, 6.45) is 0.0793. The monoisotopic (exact) mass is 324 g/mol. The van der Waals surface area contributed by atoms with Crippen LogP contribution in [0.15, 0.2) is 18.2 Å². The minimum absolute atomic E-state index is 0.0793. The van der Waals surface area contributed by atoms with Gasteiger partial charge in [-0.15, -0.1) is 0 Å². The maximum Gasteiger partial charge on any atom is 0.328 e. The molecule has 0 spiro atoms. The van der Waals surface area contributed by atoms with Crippen LogP contribution in [0.25, 0.3) is 0 Å². The number of carbonyl (C=O) groups excluding carboxylic acids is 2. The highest BCUT2D eigenvalue weighted by Crippen LogP contribution is 2.28. The van der Waals surface area contributed by atoms with E-state index in [1.165, 1.54) is 26.4 Å². The van der Waals surface area contributed by atoms with Crippen LogP contribution < -0.4 is 10.1 Å². The van der Waals surface area contributed by atoms with Crippen LogP contribution in [-0.4, -0.2) is 37.1 Å². The lowest BCUT2D eigenvalue weighted by atomic mass is 10.0. The number of hydrogen-bond donors (Lipinski definition) is 1. The highest BCUT2D eigenvalue weighted by Gasteiger charge is 2.24. The Hall–Kier alpha value is -2.64. The molecule has 0 bridgehead atoms. The number of rotatable bonds is 7. The molecule has 0 aliphatic carbocycles. The number of nitro groups is 1. The molecule has 0 aromatic heterocycles. The second-order valence-corrected chi connectivity index (χ2v) is 5.21. The first kappa shape index (κ1) is 18.4. The molecule has 1 amide bonds. The van der Waals surface area contributed by atoms with Crippen molar-refractivity contribution in [3.63, 3.8) is 0 Å². The summed E-state index contributed by atoms with van der Waals surface area (Å²) in [7, 11) is 2.55. The molecule has 0 aliphatic heterocycles. The SMILES string of the molecule is COC(=O)[C@@H](Cc1ccc(OC)c([N+](=O)[O-])c1)NC(=O)C(C)C. The quantitative estimate of drug-likeness (QED) is 0.462. The average Bonchev–Trinajstić information content (AvgIpc) is 2.52. The van der Waals surface area contributed by atoms with Gasteiger partial charge in [0.1, 0.15) is 6.04 Å². The van der Waals surface area contributed by atoms with Crippen LogP contribution in [-0.2, 0) is 20.7 Å². The highest BCUT2D eigenvalue weighted by molar-refractivity contribution is 5.85. The summed E-state index contributed by atoms with van der Waals surface area (Å²) in [6.45, 7) is 3.39. The van der Waals surface area contributed by atoms with E-state index in [9.17, 15) is 19.7 Å². The molecule has 0 unspecified atom stereocenters. The molecule has 8 heteroatoms. The number of ether oxygens (including phenoxy) is 2. The molecular formula is C15H20N2O6. The average molecular weight is 324 g/mol. The van der Waals surface area contributed by atoms with E-state index in [0.29, 0.717) is 5.56 Å². The number of benzene rings is 1. The van der Waals surface area contributed by atoms with Crippen molar-refractivity contribution in [1.29, 1.82) is 0 Å². The second-order valence-electron chi connectivity index (χ2n) is 5.21. The molecule has 1 N–H and O–H groups in total. The number of nitro benzene ring substituents is 1. The molecule has 1 rings (SSSR count). The largest absolute Gasteiger partial charge is 0.490 e. The summed E-state index contributed by atoms with van der Waals surface area (Å²) in [4.78, 5) is 34.1. The van der Waals surface area contributed by atoms with Crippen molar-refractivity contribution < 1.29 is 24.0 Å². The van der Waals surface area contributed by atoms with E-state index < -0.39 is 16.9 Å². The first-order valence-corrected chi connectivity index (χ1v) is 6.99. The molecule has 0 aliphatic rings. The van der Waals surface area contributed by atoms with Gasteiger partial charge in [0, 0.05) is 18.4 Å². The number of hydrogen-bond acceptors (Lipinski definition) is 6. The molecule has 0 radical (unpaired) electrons. The molecule has 23 heavy (non-hydrogen) atoms. The summed E-state index contributed by atoms with van der Waals surface area (Å²) in [6, 6.07) is 3.45. The second kappa shape index (κ2) is 8.11. The van der Waals surface area contributed by atoms with Crippen LogP contribution in [0.2, 0.25) is 0 Å². The fourth-order valence-electron chi connectivity index (χ4n) is 1.91. The van der Waals surface area contributed by atoms with E-state index in [1.54, 1.807) is 19.9 Å². The third kappa shape index (κ3) is 4.94. The Bertz CT molecular complexity index is 600. The molecule has 1 aromatic rings. The van der Waals surface area contributed by atoms with Crippen LogP contribution in [0.3, 0.4) is 0 Å². The molecular weight excluding hydrogens is 304 g/mol. The predicted octanol–water partition coefficient (Wildman–Crippen LogP) is 1.46. The van der Waals surface area contributed by atoms with Gasteiger partial charge in [-0.05, 0) is 11.6 Å². The lowest BCUT2D eigenvalue weighted by Gasteiger charge is -2.18. The minimum atomic E-state index is -0.914. The Labute approximate surface area is 133 Å². The van der Waals surface area contributed by atoms with Crippen LogP contribution in [0.1, 0.15) is 19.4 Å². The van der Waals surface area contributed by atoms with E-state index in [0.717, 1.165) is 0 Å². The van der Waals surface area contributed by atoms with Crippen LogP contribution in [0.4, 0.5) is 5.69 Å². The molecule has 0 fully saturated rings. The van der Waals surface area contributed by atoms with Gasteiger partial charge in [-0.1, -0.05) is 19.9 Å². The molecule has 126 valence electrons. The van der Waals surface area contributed by atoms with Crippen molar-refractivity contribution in [2.24, 2.45) is 5.92 Å². The van der Waals surface area contributed by atoms with Crippen LogP contribution in [0.5, 0.6) is 5.75 Å². The van der Waals surface area contributed by atoms with Crippen LogP contribution in [0, 0.1) is 16.0 Å². The topological polar surface area (TPSA) is 108 Å². The Kier molecular flexibility index (Phi) is 6.49. The normalized spacial score (nSPS) is 11.7. The van der Waals surface area contributed by atoms with Gasteiger partial charge in [0.15, 0.2) is 5.75 Å². The number of nitrogens with one attached hydrogen (secondary N) is 1. The van der Waals surface area contributed by atoms with Gasteiger partial charge in [-0.25, -0.2) is 4.79 Å². The van der Waals surface area contributed by atoms with E-state index in [2.05, 4.69) is 10.1 Å². The summed E-state index contributed by atoms with van der Waals surface area (Å²) >= 11 is 0. The third-order valence-electron chi connectivity index (χ3n) is 3.21. The van der Waals surface area contributed by atoms with E-state index in [4.69, 9.17) is 4.74 Å². The van der Waals surface area contributed by atoms with Crippen molar-refractivity contribution in [2.45, 2.75) is 26.3 Å². The minimum Gasteiger partial charge on any atom is -0.490 e. The van der Waals surface area contributed by atoms with E-state index in [-0.39, 0.29) is 29.7 Å². The summed E-state index contributed by atoms with van der Waals surface area (Å²) in [5.41, 5.74) is 0.306. The lowest BCUT2D eigenvalue weighted by Crippen LogP contribution is -2.44. The smallest absolute Gasteiger partial charge is 0.328 e. The zero-order valence-electron chi connectivity index (χ0n) is 13.5. The first-order valence-electron chi connectivity index (χ1n) is 6.99. The standard InChI is InChI=1S/C15H20N2O6/c1-9(2)14(18)16-11(15(19)23-4)7-10-5-6-13(22-3)12(8-10)17(20)21/h5-6,8-9,11H,7H2,1-4H3,(H,16,18)/t11-/m1/s1. The fraction of sp³-hybridized carbons (Fsp3) is 0.467. The van der Waals surface area contributed by atoms with Crippen LogP contribution >= 0.6 is 0 Å². The molecule has 8 nitrogen and oxygen atoms in total. The number of esters is 1. The van der Waals surface area contributed by atoms with Gasteiger partial charge in [0.2, 0.25) is 5.91 Å². The van der Waals surface area contributed by atoms with Gasteiger partial charge < -0.3 is 14.8 Å². The van der Waals surface area contributed by atoms with E-state index >= 15 is 0 Å². The van der Waals surface area contributed by atoms with Crippen molar-refractivity contribution >= 4 is 17.6 Å². The van der Waals surface area contributed by atoms with E-state index in [1.807, 2.05) is 0 Å². The van der Waals surface area contributed by atoms with Crippen molar-refractivity contribution in [3.05, 3.63) is 33.9 Å². The summed E-state index contributed by atoms with van der Waals surface area (Å²) in [5, 5.41) is 13.6.